The summed E-state index contributed by atoms with van der Waals surface area (Å²) in [6.45, 7) is 0. The van der Waals surface area contributed by atoms with Crippen LogP contribution in [0.15, 0.2) is 24.3 Å². The van der Waals surface area contributed by atoms with Crippen molar-refractivity contribution < 1.29 is 9.18 Å². The summed E-state index contributed by atoms with van der Waals surface area (Å²) in [6.07, 6.45) is 2.05. The van der Waals surface area contributed by atoms with Crippen LogP contribution in [0, 0.1) is 12.2 Å². The number of halogens is 1. The first kappa shape index (κ1) is 6.93. The summed E-state index contributed by atoms with van der Waals surface area (Å²) in [6, 6.07) is 5.72. The summed E-state index contributed by atoms with van der Waals surface area (Å²) >= 11 is 0. The van der Waals surface area contributed by atoms with Gasteiger partial charge in [-0.2, -0.15) is 0 Å². The normalized spacial score (nSPS) is 9.30. The summed E-state index contributed by atoms with van der Waals surface area (Å²) < 4.78 is 12.2. The number of rotatable bonds is 2. The molecule has 0 fully saturated rings. The molecule has 1 rings (SSSR count). The zero-order valence-corrected chi connectivity index (χ0v) is 5.25. The molecule has 1 radical (unpaired) electrons. The Labute approximate surface area is 58.5 Å². The smallest absolute Gasteiger partial charge is 0.128 e. The first-order valence-electron chi connectivity index (χ1n) is 2.87. The van der Waals surface area contributed by atoms with E-state index in [1.165, 1.54) is 18.6 Å². The average molecular weight is 137 g/mol. The predicted octanol–water partition coefficient (Wildman–Crippen LogP) is 1.58. The minimum atomic E-state index is -0.289. The molecule has 0 atom stereocenters. The molecule has 0 saturated carbocycles. The molecule has 0 aliphatic carbocycles. The van der Waals surface area contributed by atoms with Crippen molar-refractivity contribution in [1.29, 1.82) is 0 Å². The standard InChI is InChI=1S/C8H6FO/c9-8-3-1-7(2-4-8)5-6-10/h1-6H. The van der Waals surface area contributed by atoms with Gasteiger partial charge in [0.1, 0.15) is 12.1 Å². The first-order chi connectivity index (χ1) is 4.83. The minimum absolute atomic E-state index is 0.289. The van der Waals surface area contributed by atoms with Gasteiger partial charge in [0, 0.05) is 0 Å². The molecule has 0 aliphatic rings. The second-order valence-electron chi connectivity index (χ2n) is 1.85. The molecule has 10 heavy (non-hydrogen) atoms. The molecule has 1 aromatic rings. The Morgan fingerprint density at radius 2 is 1.80 bits per heavy atom. The van der Waals surface area contributed by atoms with E-state index in [9.17, 15) is 9.18 Å². The molecule has 51 valence electrons. The average Bonchev–Trinajstić information content (AvgIpc) is 1.95. The van der Waals surface area contributed by atoms with Crippen LogP contribution in [0.25, 0.3) is 0 Å². The number of benzene rings is 1. The molecule has 0 spiro atoms. The van der Waals surface area contributed by atoms with Gasteiger partial charge in [0.25, 0.3) is 0 Å². The van der Waals surface area contributed by atoms with Crippen molar-refractivity contribution in [2.45, 2.75) is 0 Å². The van der Waals surface area contributed by atoms with E-state index >= 15 is 0 Å². The third kappa shape index (κ3) is 1.65. The number of hydrogen-bond acceptors (Lipinski definition) is 1. The summed E-state index contributed by atoms with van der Waals surface area (Å²) in [5.74, 6) is -0.289. The fraction of sp³-hybridized carbons (Fsp3) is 0. The largest absolute Gasteiger partial charge is 0.303 e. The Hall–Kier alpha value is -1.18. The Kier molecular flexibility index (Phi) is 2.15. The Morgan fingerprint density at radius 1 is 1.20 bits per heavy atom. The van der Waals surface area contributed by atoms with E-state index in [2.05, 4.69) is 0 Å². The maximum absolute atomic E-state index is 12.2. The second-order valence-corrected chi connectivity index (χ2v) is 1.85. The van der Waals surface area contributed by atoms with E-state index < -0.39 is 0 Å². The van der Waals surface area contributed by atoms with Crippen molar-refractivity contribution >= 4 is 6.29 Å². The quantitative estimate of drug-likeness (QED) is 0.565. The monoisotopic (exact) mass is 137 g/mol. The van der Waals surface area contributed by atoms with E-state index in [0.29, 0.717) is 6.29 Å². The fourth-order valence-corrected chi connectivity index (χ4v) is 0.652. The van der Waals surface area contributed by atoms with Gasteiger partial charge < -0.3 is 4.79 Å². The van der Waals surface area contributed by atoms with E-state index in [-0.39, 0.29) is 5.82 Å². The highest BCUT2D eigenvalue weighted by molar-refractivity contribution is 5.67. The third-order valence-corrected chi connectivity index (χ3v) is 1.13. The van der Waals surface area contributed by atoms with Gasteiger partial charge in [0.2, 0.25) is 0 Å². The SMILES string of the molecule is O=C[CH]c1ccc(F)cc1. The van der Waals surface area contributed by atoms with Gasteiger partial charge in [-0.05, 0) is 17.7 Å². The van der Waals surface area contributed by atoms with Crippen molar-refractivity contribution in [1.82, 2.24) is 0 Å². The zero-order valence-electron chi connectivity index (χ0n) is 5.25. The first-order valence-corrected chi connectivity index (χ1v) is 2.87. The van der Waals surface area contributed by atoms with Crippen LogP contribution in [0.3, 0.4) is 0 Å². The van der Waals surface area contributed by atoms with Gasteiger partial charge in [-0.3, -0.25) is 0 Å². The molecular formula is C8H6FO. The van der Waals surface area contributed by atoms with Crippen LogP contribution < -0.4 is 0 Å². The molecule has 0 heterocycles. The highest BCUT2D eigenvalue weighted by Crippen LogP contribution is 2.02. The summed E-state index contributed by atoms with van der Waals surface area (Å²) in [4.78, 5) is 9.91. The summed E-state index contributed by atoms with van der Waals surface area (Å²) in [7, 11) is 0. The highest BCUT2D eigenvalue weighted by Gasteiger charge is 1.90. The zero-order chi connectivity index (χ0) is 7.40. The number of hydrogen-bond donors (Lipinski definition) is 0. The Bertz CT molecular complexity index is 215. The lowest BCUT2D eigenvalue weighted by molar-refractivity contribution is -0.104. The molecule has 0 amide bonds. The van der Waals surface area contributed by atoms with Crippen LogP contribution in [0.5, 0.6) is 0 Å². The maximum atomic E-state index is 12.2. The number of aldehydes is 1. The van der Waals surface area contributed by atoms with Crippen LogP contribution in [0.4, 0.5) is 4.39 Å². The third-order valence-electron chi connectivity index (χ3n) is 1.13. The molecule has 0 N–H and O–H groups in total. The van der Waals surface area contributed by atoms with Gasteiger partial charge >= 0.3 is 0 Å². The van der Waals surface area contributed by atoms with E-state index in [1.54, 1.807) is 12.1 Å². The van der Waals surface area contributed by atoms with Crippen LogP contribution >= 0.6 is 0 Å². The maximum Gasteiger partial charge on any atom is 0.128 e. The molecule has 0 aromatic heterocycles. The number of carbonyl (C=O) groups excluding carboxylic acids is 1. The van der Waals surface area contributed by atoms with Gasteiger partial charge in [0.05, 0.1) is 6.42 Å². The molecule has 0 bridgehead atoms. The van der Waals surface area contributed by atoms with Crippen molar-refractivity contribution in [3.8, 4) is 0 Å². The van der Waals surface area contributed by atoms with Gasteiger partial charge in [-0.25, -0.2) is 4.39 Å². The second kappa shape index (κ2) is 3.11. The molecule has 2 heteroatoms. The van der Waals surface area contributed by atoms with E-state index in [1.807, 2.05) is 0 Å². The lowest BCUT2D eigenvalue weighted by Crippen LogP contribution is -1.81. The van der Waals surface area contributed by atoms with Crippen molar-refractivity contribution in [3.63, 3.8) is 0 Å². The lowest BCUT2D eigenvalue weighted by atomic mass is 10.2. The lowest BCUT2D eigenvalue weighted by Gasteiger charge is -1.91. The fourth-order valence-electron chi connectivity index (χ4n) is 0.652. The molecular weight excluding hydrogens is 131 g/mol. The number of carbonyl (C=O) groups is 1. The van der Waals surface area contributed by atoms with Gasteiger partial charge in [-0.1, -0.05) is 12.1 Å². The van der Waals surface area contributed by atoms with Crippen molar-refractivity contribution in [3.05, 3.63) is 42.1 Å². The van der Waals surface area contributed by atoms with Gasteiger partial charge in [-0.15, -0.1) is 0 Å². The van der Waals surface area contributed by atoms with Crippen molar-refractivity contribution in [2.75, 3.05) is 0 Å². The Morgan fingerprint density at radius 3 is 2.30 bits per heavy atom. The topological polar surface area (TPSA) is 17.1 Å². The van der Waals surface area contributed by atoms with E-state index in [0.717, 1.165) is 5.56 Å². The van der Waals surface area contributed by atoms with Crippen LogP contribution in [-0.2, 0) is 4.79 Å². The van der Waals surface area contributed by atoms with Crippen molar-refractivity contribution in [2.24, 2.45) is 0 Å². The highest BCUT2D eigenvalue weighted by atomic mass is 19.1. The Balaban J connectivity index is 2.78. The van der Waals surface area contributed by atoms with Crippen LogP contribution in [0.2, 0.25) is 0 Å². The van der Waals surface area contributed by atoms with Crippen LogP contribution in [-0.4, -0.2) is 6.29 Å². The molecule has 0 saturated heterocycles. The molecule has 0 unspecified atom stereocenters. The van der Waals surface area contributed by atoms with Gasteiger partial charge in [0.15, 0.2) is 0 Å². The summed E-state index contributed by atoms with van der Waals surface area (Å²) in [5, 5.41) is 0. The van der Waals surface area contributed by atoms with E-state index in [4.69, 9.17) is 0 Å². The summed E-state index contributed by atoms with van der Waals surface area (Å²) in [5.41, 5.74) is 0.719. The molecule has 1 aromatic carbocycles. The molecule has 0 aliphatic heterocycles. The minimum Gasteiger partial charge on any atom is -0.303 e. The van der Waals surface area contributed by atoms with Crippen LogP contribution in [0.1, 0.15) is 5.56 Å². The predicted molar refractivity (Wildman–Crippen MR) is 35.9 cm³/mol. The molecule has 1 nitrogen and oxygen atoms in total.